The van der Waals surface area contributed by atoms with E-state index in [0.29, 0.717) is 0 Å². The Morgan fingerprint density at radius 1 is 1.50 bits per heavy atom. The molecular weight excluding hydrogens is 146 g/mol. The Hall–Kier alpha value is -0.510. The summed E-state index contributed by atoms with van der Waals surface area (Å²) in [7, 11) is 0. The van der Waals surface area contributed by atoms with Gasteiger partial charge in [-0.3, -0.25) is 4.99 Å². The molecule has 0 aliphatic carbocycles. The SMILES string of the molecule is C1=NN2CCCCN=C2S1. The van der Waals surface area contributed by atoms with Crippen molar-refractivity contribution in [2.24, 2.45) is 10.1 Å². The highest BCUT2D eigenvalue weighted by Crippen LogP contribution is 2.17. The van der Waals surface area contributed by atoms with E-state index in [9.17, 15) is 0 Å². The monoisotopic (exact) mass is 155 g/mol. The van der Waals surface area contributed by atoms with Gasteiger partial charge in [-0.1, -0.05) is 0 Å². The molecule has 0 saturated heterocycles. The van der Waals surface area contributed by atoms with Gasteiger partial charge in [-0.25, -0.2) is 5.01 Å². The van der Waals surface area contributed by atoms with Gasteiger partial charge in [0.05, 0.1) is 5.55 Å². The molecule has 3 nitrogen and oxygen atoms in total. The summed E-state index contributed by atoms with van der Waals surface area (Å²) in [5.41, 5.74) is 1.85. The van der Waals surface area contributed by atoms with Gasteiger partial charge in [-0.15, -0.1) is 0 Å². The predicted molar refractivity (Wildman–Crippen MR) is 44.3 cm³/mol. The fourth-order valence-corrected chi connectivity index (χ4v) is 1.74. The normalized spacial score (nSPS) is 24.0. The Kier molecular flexibility index (Phi) is 1.63. The Balaban J connectivity index is 2.15. The average molecular weight is 155 g/mol. The molecule has 2 aliphatic heterocycles. The molecule has 0 unspecified atom stereocenters. The maximum absolute atomic E-state index is 4.37. The van der Waals surface area contributed by atoms with Crippen molar-refractivity contribution < 1.29 is 0 Å². The summed E-state index contributed by atoms with van der Waals surface area (Å²) in [5.74, 6) is 0. The molecule has 4 heteroatoms. The van der Waals surface area contributed by atoms with Crippen molar-refractivity contribution in [1.82, 2.24) is 5.01 Å². The molecule has 0 N–H and O–H groups in total. The van der Waals surface area contributed by atoms with Crippen LogP contribution >= 0.6 is 11.8 Å². The smallest absolute Gasteiger partial charge is 0.185 e. The molecule has 0 atom stereocenters. The molecule has 2 rings (SSSR count). The van der Waals surface area contributed by atoms with Crippen LogP contribution in [0, 0.1) is 0 Å². The minimum Gasteiger partial charge on any atom is -0.261 e. The Bertz CT molecular complexity index is 187. The van der Waals surface area contributed by atoms with Crippen molar-refractivity contribution in [3.05, 3.63) is 0 Å². The van der Waals surface area contributed by atoms with E-state index >= 15 is 0 Å². The van der Waals surface area contributed by atoms with Gasteiger partial charge in [-0.2, -0.15) is 5.10 Å². The quantitative estimate of drug-likeness (QED) is 0.524. The third-order valence-corrected chi connectivity index (χ3v) is 2.34. The highest BCUT2D eigenvalue weighted by atomic mass is 32.2. The first-order valence-corrected chi connectivity index (χ1v) is 4.36. The molecule has 2 heterocycles. The van der Waals surface area contributed by atoms with Gasteiger partial charge in [0.15, 0.2) is 5.17 Å². The number of thioether (sulfide) groups is 1. The van der Waals surface area contributed by atoms with Crippen molar-refractivity contribution >= 4 is 22.5 Å². The maximum Gasteiger partial charge on any atom is 0.185 e. The number of hydrogen-bond acceptors (Lipinski definition) is 4. The minimum atomic E-state index is 0.974. The molecule has 0 saturated carbocycles. The molecule has 0 fully saturated rings. The molecule has 0 bridgehead atoms. The minimum absolute atomic E-state index is 0.974. The zero-order valence-corrected chi connectivity index (χ0v) is 6.47. The zero-order valence-electron chi connectivity index (χ0n) is 5.66. The summed E-state index contributed by atoms with van der Waals surface area (Å²) in [4.78, 5) is 4.37. The molecule has 10 heavy (non-hydrogen) atoms. The zero-order chi connectivity index (χ0) is 6.81. The second-order valence-electron chi connectivity index (χ2n) is 2.33. The summed E-state index contributed by atoms with van der Waals surface area (Å²) >= 11 is 1.62. The third kappa shape index (κ3) is 1.03. The molecule has 2 aliphatic rings. The van der Waals surface area contributed by atoms with Gasteiger partial charge >= 0.3 is 0 Å². The summed E-state index contributed by atoms with van der Waals surface area (Å²) in [6, 6.07) is 0. The molecule has 0 aromatic rings. The topological polar surface area (TPSA) is 28.0 Å². The summed E-state index contributed by atoms with van der Waals surface area (Å²) in [6.07, 6.45) is 2.42. The second-order valence-corrected chi connectivity index (χ2v) is 3.14. The highest BCUT2D eigenvalue weighted by Gasteiger charge is 2.16. The van der Waals surface area contributed by atoms with E-state index in [-0.39, 0.29) is 0 Å². The molecule has 0 aromatic heterocycles. The van der Waals surface area contributed by atoms with Crippen LogP contribution in [0.4, 0.5) is 0 Å². The van der Waals surface area contributed by atoms with Crippen molar-refractivity contribution in [2.45, 2.75) is 12.8 Å². The third-order valence-electron chi connectivity index (χ3n) is 1.59. The van der Waals surface area contributed by atoms with Crippen molar-refractivity contribution in [2.75, 3.05) is 13.1 Å². The number of nitrogens with zero attached hydrogens (tertiary/aromatic N) is 3. The van der Waals surface area contributed by atoms with Crippen LogP contribution in [0.3, 0.4) is 0 Å². The van der Waals surface area contributed by atoms with E-state index in [1.54, 1.807) is 11.8 Å². The van der Waals surface area contributed by atoms with Gasteiger partial charge in [-0.05, 0) is 24.6 Å². The van der Waals surface area contributed by atoms with Crippen molar-refractivity contribution in [3.63, 3.8) is 0 Å². The average Bonchev–Trinajstić information content (AvgIpc) is 2.28. The van der Waals surface area contributed by atoms with Crippen LogP contribution in [0.2, 0.25) is 0 Å². The van der Waals surface area contributed by atoms with Gasteiger partial charge in [0, 0.05) is 13.1 Å². The van der Waals surface area contributed by atoms with Crippen LogP contribution < -0.4 is 0 Å². The van der Waals surface area contributed by atoms with E-state index in [4.69, 9.17) is 0 Å². The molecule has 0 spiro atoms. The van der Waals surface area contributed by atoms with Gasteiger partial charge in [0.1, 0.15) is 0 Å². The maximum atomic E-state index is 4.37. The van der Waals surface area contributed by atoms with Crippen LogP contribution in [0.5, 0.6) is 0 Å². The first kappa shape index (κ1) is 6.22. The van der Waals surface area contributed by atoms with E-state index in [2.05, 4.69) is 10.1 Å². The number of fused-ring (bicyclic) bond motifs is 1. The number of hydrazone groups is 1. The summed E-state index contributed by atoms with van der Waals surface area (Å²) in [6.45, 7) is 2.02. The van der Waals surface area contributed by atoms with Crippen molar-refractivity contribution in [3.8, 4) is 0 Å². The van der Waals surface area contributed by atoms with Gasteiger partial charge in [0.25, 0.3) is 0 Å². The van der Waals surface area contributed by atoms with Crippen LogP contribution in [-0.4, -0.2) is 28.8 Å². The predicted octanol–water partition coefficient (Wildman–Crippen LogP) is 1.13. The van der Waals surface area contributed by atoms with Crippen LogP contribution in [-0.2, 0) is 0 Å². The molecule has 0 amide bonds. The van der Waals surface area contributed by atoms with E-state index < -0.39 is 0 Å². The van der Waals surface area contributed by atoms with Crippen LogP contribution in [0.1, 0.15) is 12.8 Å². The lowest BCUT2D eigenvalue weighted by Crippen LogP contribution is -2.18. The van der Waals surface area contributed by atoms with E-state index in [0.717, 1.165) is 18.3 Å². The molecular formula is C6H9N3S. The van der Waals surface area contributed by atoms with E-state index in [1.807, 2.05) is 10.6 Å². The lowest BCUT2D eigenvalue weighted by molar-refractivity contribution is 0.455. The highest BCUT2D eigenvalue weighted by molar-refractivity contribution is 8.25. The molecule has 0 radical (unpaired) electrons. The summed E-state index contributed by atoms with van der Waals surface area (Å²) < 4.78 is 0. The fourth-order valence-electron chi connectivity index (χ4n) is 1.06. The molecule has 54 valence electrons. The lowest BCUT2D eigenvalue weighted by Gasteiger charge is -2.09. The van der Waals surface area contributed by atoms with Crippen molar-refractivity contribution in [1.29, 1.82) is 0 Å². The first-order chi connectivity index (χ1) is 4.97. The largest absolute Gasteiger partial charge is 0.261 e. The number of aliphatic imine (C=N–C) groups is 1. The number of rotatable bonds is 0. The fraction of sp³-hybridized carbons (Fsp3) is 0.667. The van der Waals surface area contributed by atoms with E-state index in [1.165, 1.54) is 12.8 Å². The van der Waals surface area contributed by atoms with Gasteiger partial charge in [0.2, 0.25) is 0 Å². The van der Waals surface area contributed by atoms with Crippen LogP contribution in [0.15, 0.2) is 10.1 Å². The van der Waals surface area contributed by atoms with Crippen LogP contribution in [0.25, 0.3) is 0 Å². The number of hydrogen-bond donors (Lipinski definition) is 0. The number of amidine groups is 1. The standard InChI is InChI=1S/C6H9N3S/c1-2-4-9-6(7-3-1)10-5-8-9/h5H,1-4H2. The Morgan fingerprint density at radius 3 is 3.50 bits per heavy atom. The molecule has 0 aromatic carbocycles. The lowest BCUT2D eigenvalue weighted by atomic mass is 10.3. The van der Waals surface area contributed by atoms with Gasteiger partial charge < -0.3 is 0 Å². The first-order valence-electron chi connectivity index (χ1n) is 3.48. The Labute approximate surface area is 64.2 Å². The second kappa shape index (κ2) is 2.62. The Morgan fingerprint density at radius 2 is 2.50 bits per heavy atom. The summed E-state index contributed by atoms with van der Waals surface area (Å²) in [5, 5.41) is 7.22.